The quantitative estimate of drug-likeness (QED) is 0.881. The van der Waals surface area contributed by atoms with Gasteiger partial charge in [-0.25, -0.2) is 19.7 Å². The molecule has 0 aliphatic carbocycles. The van der Waals surface area contributed by atoms with E-state index in [1.165, 1.54) is 6.20 Å². The lowest BCUT2D eigenvalue weighted by atomic mass is 10.2. The number of thiazole rings is 1. The minimum absolute atomic E-state index is 0.00280. The van der Waals surface area contributed by atoms with Crippen molar-refractivity contribution >= 4 is 23.0 Å². The maximum Gasteiger partial charge on any atom is 0.356 e. The van der Waals surface area contributed by atoms with Crippen LogP contribution < -0.4 is 5.32 Å². The number of rotatable bonds is 5. The van der Waals surface area contributed by atoms with Gasteiger partial charge in [-0.3, -0.25) is 0 Å². The molecule has 0 radical (unpaired) electrons. The molecule has 0 aromatic carbocycles. The van der Waals surface area contributed by atoms with E-state index in [2.05, 4.69) is 20.3 Å². The number of hydrogen-bond acceptors (Lipinski definition) is 6. The van der Waals surface area contributed by atoms with Crippen molar-refractivity contribution in [3.63, 3.8) is 0 Å². The molecule has 2 heterocycles. The third kappa shape index (κ3) is 3.30. The highest BCUT2D eigenvalue weighted by Crippen LogP contribution is 2.18. The summed E-state index contributed by atoms with van der Waals surface area (Å²) in [6.45, 7) is 6.28. The van der Waals surface area contributed by atoms with Gasteiger partial charge in [0.2, 0.25) is 0 Å². The lowest BCUT2D eigenvalue weighted by molar-refractivity contribution is 0.0691. The minimum atomic E-state index is -1.06. The van der Waals surface area contributed by atoms with Crippen LogP contribution in [-0.2, 0) is 6.54 Å². The number of nitrogens with one attached hydrogen (secondary N) is 1. The highest BCUT2D eigenvalue weighted by Gasteiger charge is 2.15. The zero-order valence-corrected chi connectivity index (χ0v) is 12.4. The third-order valence-corrected chi connectivity index (χ3v) is 3.54. The van der Waals surface area contributed by atoms with Crippen molar-refractivity contribution in [1.82, 2.24) is 15.0 Å². The normalized spacial score (nSPS) is 10.8. The SMILES string of the molecule is Cc1cnc(CNc2cnc(C(C)C)nc2C(=O)O)s1. The smallest absolute Gasteiger partial charge is 0.356 e. The summed E-state index contributed by atoms with van der Waals surface area (Å²) >= 11 is 1.57. The maximum atomic E-state index is 11.3. The molecule has 0 fully saturated rings. The van der Waals surface area contributed by atoms with Gasteiger partial charge in [-0.15, -0.1) is 11.3 Å². The molecule has 2 rings (SSSR count). The topological polar surface area (TPSA) is 88.0 Å². The molecule has 20 heavy (non-hydrogen) atoms. The number of aromatic nitrogens is 3. The van der Waals surface area contributed by atoms with Crippen molar-refractivity contribution in [3.8, 4) is 0 Å². The Labute approximate surface area is 120 Å². The summed E-state index contributed by atoms with van der Waals surface area (Å²) in [6, 6.07) is 0. The van der Waals surface area contributed by atoms with Gasteiger partial charge in [-0.05, 0) is 6.92 Å². The molecule has 2 N–H and O–H groups in total. The summed E-state index contributed by atoms with van der Waals surface area (Å²) in [5, 5.41) is 13.2. The largest absolute Gasteiger partial charge is 0.476 e. The molecule has 106 valence electrons. The highest BCUT2D eigenvalue weighted by atomic mass is 32.1. The van der Waals surface area contributed by atoms with Crippen molar-refractivity contribution in [2.75, 3.05) is 5.32 Å². The van der Waals surface area contributed by atoms with Gasteiger partial charge >= 0.3 is 5.97 Å². The van der Waals surface area contributed by atoms with E-state index < -0.39 is 5.97 Å². The Kier molecular flexibility index (Phi) is 4.29. The van der Waals surface area contributed by atoms with Crippen LogP contribution in [0.2, 0.25) is 0 Å². The summed E-state index contributed by atoms with van der Waals surface area (Å²) < 4.78 is 0. The van der Waals surface area contributed by atoms with Crippen LogP contribution in [0.25, 0.3) is 0 Å². The Morgan fingerprint density at radius 1 is 1.40 bits per heavy atom. The summed E-state index contributed by atoms with van der Waals surface area (Å²) in [7, 11) is 0. The second-order valence-electron chi connectivity index (χ2n) is 4.67. The fourth-order valence-corrected chi connectivity index (χ4v) is 2.35. The average Bonchev–Trinajstić information content (AvgIpc) is 2.81. The van der Waals surface area contributed by atoms with Crippen LogP contribution in [0, 0.1) is 6.92 Å². The first-order valence-electron chi connectivity index (χ1n) is 6.22. The summed E-state index contributed by atoms with van der Waals surface area (Å²) in [5.41, 5.74) is 0.409. The molecule has 0 aliphatic heterocycles. The van der Waals surface area contributed by atoms with Gasteiger partial charge in [0.05, 0.1) is 18.4 Å². The molecular weight excluding hydrogens is 276 g/mol. The first-order chi connectivity index (χ1) is 9.47. The fourth-order valence-electron chi connectivity index (χ4n) is 1.62. The van der Waals surface area contributed by atoms with Crippen LogP contribution in [0.1, 0.15) is 46.0 Å². The lowest BCUT2D eigenvalue weighted by Crippen LogP contribution is -2.12. The van der Waals surface area contributed by atoms with Crippen molar-refractivity contribution in [2.45, 2.75) is 33.2 Å². The van der Waals surface area contributed by atoms with E-state index in [4.69, 9.17) is 0 Å². The van der Waals surface area contributed by atoms with Crippen LogP contribution in [0.15, 0.2) is 12.4 Å². The first-order valence-corrected chi connectivity index (χ1v) is 7.04. The average molecular weight is 292 g/mol. The van der Waals surface area contributed by atoms with E-state index in [0.29, 0.717) is 18.1 Å². The summed E-state index contributed by atoms with van der Waals surface area (Å²) in [6.07, 6.45) is 3.31. The molecule has 0 amide bonds. The van der Waals surface area contributed by atoms with Crippen LogP contribution in [0.5, 0.6) is 0 Å². The number of carboxylic acids is 1. The van der Waals surface area contributed by atoms with Gasteiger partial charge in [0, 0.05) is 17.0 Å². The standard InChI is InChI=1S/C13H16N4O2S/c1-7(2)12-16-5-9(11(17-12)13(18)19)14-6-10-15-4-8(3)20-10/h4-5,7,14H,6H2,1-3H3,(H,18,19). The van der Waals surface area contributed by atoms with Gasteiger partial charge in [0.1, 0.15) is 10.8 Å². The van der Waals surface area contributed by atoms with Gasteiger partial charge < -0.3 is 10.4 Å². The van der Waals surface area contributed by atoms with E-state index in [-0.39, 0.29) is 11.6 Å². The first kappa shape index (κ1) is 14.4. The van der Waals surface area contributed by atoms with E-state index in [0.717, 1.165) is 9.88 Å². The second-order valence-corrected chi connectivity index (χ2v) is 5.99. The molecule has 0 saturated carbocycles. The molecule has 0 spiro atoms. The molecule has 2 aromatic rings. The highest BCUT2D eigenvalue weighted by molar-refractivity contribution is 7.11. The number of aryl methyl sites for hydroxylation is 1. The molecule has 0 bridgehead atoms. The zero-order valence-electron chi connectivity index (χ0n) is 11.5. The van der Waals surface area contributed by atoms with Crippen molar-refractivity contribution in [2.24, 2.45) is 0 Å². The summed E-state index contributed by atoms with van der Waals surface area (Å²) in [4.78, 5) is 24.9. The van der Waals surface area contributed by atoms with Crippen LogP contribution >= 0.6 is 11.3 Å². The van der Waals surface area contributed by atoms with Gasteiger partial charge in [0.15, 0.2) is 5.69 Å². The molecule has 7 heteroatoms. The second kappa shape index (κ2) is 5.96. The predicted molar refractivity (Wildman–Crippen MR) is 77.3 cm³/mol. The molecule has 6 nitrogen and oxygen atoms in total. The van der Waals surface area contributed by atoms with Gasteiger partial charge in [0.25, 0.3) is 0 Å². The Morgan fingerprint density at radius 3 is 2.70 bits per heavy atom. The molecule has 0 unspecified atom stereocenters. The molecular formula is C13H16N4O2S. The monoisotopic (exact) mass is 292 g/mol. The van der Waals surface area contributed by atoms with Gasteiger partial charge in [-0.1, -0.05) is 13.8 Å². The zero-order chi connectivity index (χ0) is 14.7. The third-order valence-electron chi connectivity index (χ3n) is 2.63. The number of hydrogen-bond donors (Lipinski definition) is 2. The predicted octanol–water partition coefficient (Wildman–Crippen LogP) is 2.68. The number of nitrogens with zero attached hydrogens (tertiary/aromatic N) is 3. The number of anilines is 1. The Hall–Kier alpha value is -2.02. The van der Waals surface area contributed by atoms with E-state index in [1.807, 2.05) is 20.8 Å². The van der Waals surface area contributed by atoms with Crippen LogP contribution in [0.4, 0.5) is 5.69 Å². The van der Waals surface area contributed by atoms with E-state index in [1.54, 1.807) is 17.5 Å². The Bertz CT molecular complexity index is 625. The number of aromatic carboxylic acids is 1. The van der Waals surface area contributed by atoms with Crippen molar-refractivity contribution < 1.29 is 9.90 Å². The molecule has 2 aromatic heterocycles. The molecule has 0 aliphatic rings. The van der Waals surface area contributed by atoms with Crippen molar-refractivity contribution in [1.29, 1.82) is 0 Å². The van der Waals surface area contributed by atoms with Crippen LogP contribution in [0.3, 0.4) is 0 Å². The number of carboxylic acid groups (broad SMARTS) is 1. The Balaban J connectivity index is 2.20. The molecule has 0 atom stereocenters. The minimum Gasteiger partial charge on any atom is -0.476 e. The number of carbonyl (C=O) groups is 1. The van der Waals surface area contributed by atoms with E-state index >= 15 is 0 Å². The van der Waals surface area contributed by atoms with Crippen molar-refractivity contribution in [3.05, 3.63) is 33.8 Å². The fraction of sp³-hybridized carbons (Fsp3) is 0.385. The molecule has 0 saturated heterocycles. The van der Waals surface area contributed by atoms with Crippen LogP contribution in [-0.4, -0.2) is 26.0 Å². The van der Waals surface area contributed by atoms with Gasteiger partial charge in [-0.2, -0.15) is 0 Å². The Morgan fingerprint density at radius 2 is 2.15 bits per heavy atom. The maximum absolute atomic E-state index is 11.3. The van der Waals surface area contributed by atoms with E-state index in [9.17, 15) is 9.90 Å². The lowest BCUT2D eigenvalue weighted by Gasteiger charge is -2.10. The summed E-state index contributed by atoms with van der Waals surface area (Å²) in [5.74, 6) is -0.450.